The number of carbonyl (C=O) groups is 2. The van der Waals surface area contributed by atoms with Crippen molar-refractivity contribution >= 4 is 11.9 Å². The van der Waals surface area contributed by atoms with Crippen molar-refractivity contribution in [2.75, 3.05) is 0 Å². The van der Waals surface area contributed by atoms with E-state index in [4.69, 9.17) is 9.84 Å². The molecule has 4 nitrogen and oxygen atoms in total. The Labute approximate surface area is 163 Å². The average Bonchev–Trinajstić information content (AvgIpc) is 2.90. The highest BCUT2D eigenvalue weighted by atomic mass is 16.5. The second kappa shape index (κ2) is 6.77. The van der Waals surface area contributed by atoms with Crippen molar-refractivity contribution in [3.8, 4) is 0 Å². The first-order valence-electron chi connectivity index (χ1n) is 11.2. The Morgan fingerprint density at radius 2 is 1.67 bits per heavy atom. The van der Waals surface area contributed by atoms with E-state index in [1.807, 2.05) is 0 Å². The molecule has 0 radical (unpaired) electrons. The van der Waals surface area contributed by atoms with Gasteiger partial charge in [-0.15, -0.1) is 0 Å². The fraction of sp³-hybridized carbons (Fsp3) is 0.913. The Kier molecular flexibility index (Phi) is 4.83. The average molecular weight is 377 g/mol. The highest BCUT2D eigenvalue weighted by molar-refractivity contribution is 5.90. The number of rotatable bonds is 3. The van der Waals surface area contributed by atoms with Crippen LogP contribution in [-0.4, -0.2) is 23.1 Å². The van der Waals surface area contributed by atoms with Crippen LogP contribution < -0.4 is 0 Å². The molecule has 4 fully saturated rings. The summed E-state index contributed by atoms with van der Waals surface area (Å²) in [6.07, 6.45) is 10.6. The molecule has 4 aliphatic carbocycles. The van der Waals surface area contributed by atoms with Crippen molar-refractivity contribution in [1.29, 1.82) is 0 Å². The topological polar surface area (TPSA) is 63.6 Å². The lowest BCUT2D eigenvalue weighted by molar-refractivity contribution is -0.165. The van der Waals surface area contributed by atoms with Crippen molar-refractivity contribution in [2.24, 2.45) is 40.4 Å². The lowest BCUT2D eigenvalue weighted by atomic mass is 9.45. The smallest absolute Gasteiger partial charge is 0.317 e. The van der Waals surface area contributed by atoms with E-state index < -0.39 is 18.4 Å². The summed E-state index contributed by atoms with van der Waals surface area (Å²) in [6, 6.07) is 0. The lowest BCUT2D eigenvalue weighted by Crippen LogP contribution is -2.54. The largest absolute Gasteiger partial charge is 0.481 e. The predicted octanol–water partition coefficient (Wildman–Crippen LogP) is 5.05. The van der Waals surface area contributed by atoms with Crippen molar-refractivity contribution in [2.45, 2.75) is 91.1 Å². The summed E-state index contributed by atoms with van der Waals surface area (Å²) in [5.41, 5.74) is 0.944. The molecule has 0 aromatic heterocycles. The first-order chi connectivity index (χ1) is 12.7. The van der Waals surface area contributed by atoms with Gasteiger partial charge in [-0.25, -0.2) is 0 Å². The van der Waals surface area contributed by atoms with E-state index in [9.17, 15) is 9.59 Å². The minimum atomic E-state index is -1.10. The third-order valence-corrected chi connectivity index (χ3v) is 9.69. The SMILES string of the molecule is C[C@H]1CC[C@H]2[C@@H]3CC[C@@H]4C[C@H](OC(=O)CC(=O)O)CC[C@]4(C)[C@H]3CC[C@]12C. The molecule has 152 valence electrons. The number of carboxylic acid groups (broad SMARTS) is 1. The van der Waals surface area contributed by atoms with E-state index in [1.165, 1.54) is 38.5 Å². The number of carboxylic acids is 1. The minimum absolute atomic E-state index is 0.0770. The maximum Gasteiger partial charge on any atom is 0.317 e. The van der Waals surface area contributed by atoms with Crippen LogP contribution in [0.2, 0.25) is 0 Å². The van der Waals surface area contributed by atoms with Crippen molar-refractivity contribution in [3.05, 3.63) is 0 Å². The highest BCUT2D eigenvalue weighted by Crippen LogP contribution is 2.67. The molecule has 8 atom stereocenters. The van der Waals surface area contributed by atoms with E-state index >= 15 is 0 Å². The fourth-order valence-electron chi connectivity index (χ4n) is 7.94. The van der Waals surface area contributed by atoms with Crippen LogP contribution in [0.1, 0.15) is 85.0 Å². The summed E-state index contributed by atoms with van der Waals surface area (Å²) in [5, 5.41) is 8.78. The zero-order valence-electron chi connectivity index (χ0n) is 17.2. The van der Waals surface area contributed by atoms with Gasteiger partial charge in [0.25, 0.3) is 0 Å². The van der Waals surface area contributed by atoms with Crippen LogP contribution >= 0.6 is 0 Å². The molecule has 4 heteroatoms. The number of fused-ring (bicyclic) bond motifs is 5. The molecule has 1 N–H and O–H groups in total. The maximum absolute atomic E-state index is 11.8. The van der Waals surface area contributed by atoms with Gasteiger partial charge in [0.1, 0.15) is 12.5 Å². The van der Waals surface area contributed by atoms with Gasteiger partial charge < -0.3 is 9.84 Å². The Morgan fingerprint density at radius 3 is 2.41 bits per heavy atom. The number of hydrogen-bond acceptors (Lipinski definition) is 3. The minimum Gasteiger partial charge on any atom is -0.481 e. The molecular weight excluding hydrogens is 340 g/mol. The van der Waals surface area contributed by atoms with Crippen LogP contribution in [0, 0.1) is 40.4 Å². The van der Waals surface area contributed by atoms with Crippen molar-refractivity contribution in [3.63, 3.8) is 0 Å². The monoisotopic (exact) mass is 376 g/mol. The van der Waals surface area contributed by atoms with Gasteiger partial charge in [0.2, 0.25) is 0 Å². The quantitative estimate of drug-likeness (QED) is 0.553. The Hall–Kier alpha value is -1.06. The molecule has 0 aromatic carbocycles. The molecule has 0 unspecified atom stereocenters. The molecule has 0 spiro atoms. The second-order valence-corrected chi connectivity index (χ2v) is 10.6. The van der Waals surface area contributed by atoms with E-state index in [1.54, 1.807) is 0 Å². The van der Waals surface area contributed by atoms with E-state index in [0.717, 1.165) is 42.9 Å². The molecule has 0 heterocycles. The summed E-state index contributed by atoms with van der Waals surface area (Å²) in [4.78, 5) is 22.5. The van der Waals surface area contributed by atoms with E-state index in [-0.39, 0.29) is 6.10 Å². The second-order valence-electron chi connectivity index (χ2n) is 10.6. The summed E-state index contributed by atoms with van der Waals surface area (Å²) in [6.45, 7) is 7.56. The normalized spacial score (nSPS) is 48.9. The van der Waals surface area contributed by atoms with Gasteiger partial charge in [0.05, 0.1) is 0 Å². The zero-order chi connectivity index (χ0) is 19.4. The van der Waals surface area contributed by atoms with Crippen LogP contribution in [0.15, 0.2) is 0 Å². The molecule has 4 saturated carbocycles. The molecule has 0 aliphatic heterocycles. The molecule has 4 rings (SSSR count). The van der Waals surface area contributed by atoms with Crippen molar-refractivity contribution < 1.29 is 19.4 Å². The van der Waals surface area contributed by atoms with Gasteiger partial charge in [-0.3, -0.25) is 9.59 Å². The zero-order valence-corrected chi connectivity index (χ0v) is 17.2. The van der Waals surface area contributed by atoms with Crippen LogP contribution in [0.3, 0.4) is 0 Å². The van der Waals surface area contributed by atoms with Gasteiger partial charge in [-0.2, -0.15) is 0 Å². The standard InChI is InChI=1S/C23H36O4/c1-14-4-7-18-17-6-5-15-12-16(27-21(26)13-20(24)25)8-10-23(15,3)19(17)9-11-22(14,18)2/h14-19H,4-13H2,1-3H3,(H,24,25)/t14-,15+,16+,17-,18-,19-,22+,23-/m0/s1. The maximum atomic E-state index is 11.8. The van der Waals surface area contributed by atoms with Crippen LogP contribution in [0.5, 0.6) is 0 Å². The van der Waals surface area contributed by atoms with Gasteiger partial charge in [0, 0.05) is 0 Å². The molecule has 0 saturated heterocycles. The first-order valence-corrected chi connectivity index (χ1v) is 11.2. The third-order valence-electron chi connectivity index (χ3n) is 9.69. The van der Waals surface area contributed by atoms with Gasteiger partial charge in [-0.05, 0) is 98.2 Å². The molecule has 0 aromatic rings. The van der Waals surface area contributed by atoms with Crippen LogP contribution in [0.4, 0.5) is 0 Å². The number of esters is 1. The van der Waals surface area contributed by atoms with Crippen LogP contribution in [0.25, 0.3) is 0 Å². The summed E-state index contributed by atoms with van der Waals surface area (Å²) >= 11 is 0. The van der Waals surface area contributed by atoms with Crippen LogP contribution in [-0.2, 0) is 14.3 Å². The number of ether oxygens (including phenoxy) is 1. The summed E-state index contributed by atoms with van der Waals surface area (Å²) in [5.74, 6) is 2.46. The Bertz CT molecular complexity index is 615. The number of carbonyl (C=O) groups excluding carboxylic acids is 1. The molecular formula is C23H36O4. The van der Waals surface area contributed by atoms with Gasteiger partial charge >= 0.3 is 11.9 Å². The predicted molar refractivity (Wildman–Crippen MR) is 103 cm³/mol. The third kappa shape index (κ3) is 3.11. The van der Waals surface area contributed by atoms with Gasteiger partial charge in [0.15, 0.2) is 0 Å². The Balaban J connectivity index is 1.45. The number of hydrogen-bond donors (Lipinski definition) is 1. The van der Waals surface area contributed by atoms with Gasteiger partial charge in [-0.1, -0.05) is 20.8 Å². The molecule has 0 bridgehead atoms. The molecule has 0 amide bonds. The Morgan fingerprint density at radius 1 is 0.963 bits per heavy atom. The fourth-order valence-corrected chi connectivity index (χ4v) is 7.94. The van der Waals surface area contributed by atoms with E-state index in [0.29, 0.717) is 16.7 Å². The molecule has 27 heavy (non-hydrogen) atoms. The highest BCUT2D eigenvalue weighted by Gasteiger charge is 2.59. The van der Waals surface area contributed by atoms with E-state index in [2.05, 4.69) is 20.8 Å². The number of aliphatic carboxylic acids is 1. The van der Waals surface area contributed by atoms with Crippen molar-refractivity contribution in [1.82, 2.24) is 0 Å². The first kappa shape index (κ1) is 19.3. The summed E-state index contributed by atoms with van der Waals surface area (Å²) in [7, 11) is 0. The molecule has 4 aliphatic rings. The summed E-state index contributed by atoms with van der Waals surface area (Å²) < 4.78 is 5.51. The lowest BCUT2D eigenvalue weighted by Gasteiger charge is -2.61.